The summed E-state index contributed by atoms with van der Waals surface area (Å²) in [5.41, 5.74) is 11.3. The molecule has 0 aliphatic carbocycles. The predicted molar refractivity (Wildman–Crippen MR) is 123 cm³/mol. The van der Waals surface area contributed by atoms with E-state index in [1.165, 1.54) is 0 Å². The second-order valence-corrected chi connectivity index (χ2v) is 8.79. The molecule has 0 saturated carbocycles. The maximum absolute atomic E-state index is 12.8. The van der Waals surface area contributed by atoms with Gasteiger partial charge in [0.15, 0.2) is 5.69 Å². The topological polar surface area (TPSA) is 120 Å². The Morgan fingerprint density at radius 1 is 1.09 bits per heavy atom. The number of nitrogen functional groups attached to an aromatic ring is 1. The Morgan fingerprint density at radius 3 is 2.53 bits per heavy atom. The first-order valence-corrected chi connectivity index (χ1v) is 11.1. The van der Waals surface area contributed by atoms with E-state index in [1.54, 1.807) is 6.33 Å². The van der Waals surface area contributed by atoms with E-state index in [0.717, 1.165) is 67.1 Å². The number of aromatic amines is 1. The molecule has 0 unspecified atom stereocenters. The van der Waals surface area contributed by atoms with Gasteiger partial charge in [-0.3, -0.25) is 14.9 Å². The molecule has 32 heavy (non-hydrogen) atoms. The number of piperidine rings is 1. The number of piperazine rings is 1. The normalized spacial score (nSPS) is 18.4. The Bertz CT molecular complexity index is 1130. The van der Waals surface area contributed by atoms with Crippen LogP contribution in [0.3, 0.4) is 0 Å². The Morgan fingerprint density at radius 2 is 1.84 bits per heavy atom. The van der Waals surface area contributed by atoms with Gasteiger partial charge in [-0.15, -0.1) is 0 Å². The summed E-state index contributed by atoms with van der Waals surface area (Å²) in [6.45, 7) is 7.18. The Kier molecular flexibility index (Phi) is 5.38. The van der Waals surface area contributed by atoms with Gasteiger partial charge in [-0.05, 0) is 32.9 Å². The Labute approximate surface area is 186 Å². The average molecular weight is 436 g/mol. The summed E-state index contributed by atoms with van der Waals surface area (Å²) in [7, 11) is 2.15. The molecule has 10 heteroatoms. The van der Waals surface area contributed by atoms with Gasteiger partial charge in [-0.25, -0.2) is 9.97 Å². The van der Waals surface area contributed by atoms with Crippen LogP contribution in [0.4, 0.5) is 11.4 Å². The van der Waals surface area contributed by atoms with Crippen molar-refractivity contribution >= 4 is 28.3 Å². The summed E-state index contributed by atoms with van der Waals surface area (Å²) < 4.78 is 0. The van der Waals surface area contributed by atoms with Crippen molar-refractivity contribution in [1.29, 1.82) is 0 Å². The summed E-state index contributed by atoms with van der Waals surface area (Å²) in [6.07, 6.45) is 5.23. The van der Waals surface area contributed by atoms with E-state index in [-0.39, 0.29) is 11.8 Å². The molecule has 5 rings (SSSR count). The lowest BCUT2D eigenvalue weighted by Crippen LogP contribution is -2.44. The highest BCUT2D eigenvalue weighted by molar-refractivity contribution is 5.97. The molecule has 2 aliphatic rings. The molecule has 2 fully saturated rings. The molecule has 0 spiro atoms. The fourth-order valence-electron chi connectivity index (χ4n) is 4.60. The first kappa shape index (κ1) is 20.6. The molecule has 3 N–H and O–H groups in total. The summed E-state index contributed by atoms with van der Waals surface area (Å²) in [4.78, 5) is 33.2. The zero-order valence-electron chi connectivity index (χ0n) is 18.6. The molecule has 0 aromatic carbocycles. The van der Waals surface area contributed by atoms with E-state index < -0.39 is 0 Å². The first-order valence-electron chi connectivity index (χ1n) is 11.1. The number of carbonyl (C=O) groups is 1. The van der Waals surface area contributed by atoms with Crippen LogP contribution in [0, 0.1) is 6.92 Å². The molecule has 3 aromatic rings. The fraction of sp³-hybridized carbons (Fsp3) is 0.500. The summed E-state index contributed by atoms with van der Waals surface area (Å²) >= 11 is 0. The number of likely N-dealkylation sites (N-methyl/N-ethyl adjacent to an activating group) is 1. The molecule has 2 saturated heterocycles. The van der Waals surface area contributed by atoms with Crippen LogP contribution in [-0.4, -0.2) is 87.2 Å². The maximum atomic E-state index is 12.8. The van der Waals surface area contributed by atoms with Crippen molar-refractivity contribution in [1.82, 2.24) is 34.9 Å². The molecular formula is C22H29N9O. The third kappa shape index (κ3) is 3.75. The van der Waals surface area contributed by atoms with Gasteiger partial charge in [0.1, 0.15) is 11.8 Å². The number of fused-ring (bicyclic) bond motifs is 1. The smallest absolute Gasteiger partial charge is 0.276 e. The molecule has 10 nitrogen and oxygen atoms in total. The van der Waals surface area contributed by atoms with Crippen molar-refractivity contribution in [3.63, 3.8) is 0 Å². The minimum atomic E-state index is -0.118. The Balaban J connectivity index is 1.31. The third-order valence-corrected chi connectivity index (χ3v) is 6.72. The largest absolute Gasteiger partial charge is 0.395 e. The molecule has 0 atom stereocenters. The standard InChI is InChI=1S/C22H29N9O/c1-14-18(23)21(28-27-14)22(32)31-5-3-15(4-6-31)19-20-17(25-13-26-19)11-16(12-24-20)30-9-7-29(2)8-10-30/h11-13,15H,3-10,23H2,1-2H3,(H,27,28). The zero-order valence-corrected chi connectivity index (χ0v) is 18.6. The number of nitrogens with zero attached hydrogens (tertiary/aromatic N) is 7. The SMILES string of the molecule is Cc1[nH]nc(C(=O)N2CCC(c3ncnc4cc(N5CCN(C)CC5)cnc34)CC2)c1N. The van der Waals surface area contributed by atoms with Crippen LogP contribution in [-0.2, 0) is 0 Å². The summed E-state index contributed by atoms with van der Waals surface area (Å²) in [5.74, 6) is 0.123. The number of H-pyrrole nitrogens is 1. The van der Waals surface area contributed by atoms with Crippen LogP contribution in [0.15, 0.2) is 18.6 Å². The number of amides is 1. The molecule has 2 aliphatic heterocycles. The average Bonchev–Trinajstić information content (AvgIpc) is 3.16. The minimum Gasteiger partial charge on any atom is -0.395 e. The first-order chi connectivity index (χ1) is 15.5. The van der Waals surface area contributed by atoms with Crippen molar-refractivity contribution in [2.75, 3.05) is 56.9 Å². The second-order valence-electron chi connectivity index (χ2n) is 8.79. The number of anilines is 2. The van der Waals surface area contributed by atoms with E-state index in [9.17, 15) is 4.79 Å². The number of carbonyl (C=O) groups excluding carboxylic acids is 1. The number of rotatable bonds is 3. The van der Waals surface area contributed by atoms with E-state index >= 15 is 0 Å². The van der Waals surface area contributed by atoms with Gasteiger partial charge >= 0.3 is 0 Å². The molecule has 1 amide bonds. The van der Waals surface area contributed by atoms with Crippen LogP contribution in [0.5, 0.6) is 0 Å². The lowest BCUT2D eigenvalue weighted by atomic mass is 9.92. The lowest BCUT2D eigenvalue weighted by molar-refractivity contribution is 0.0707. The number of aromatic nitrogens is 5. The number of hydrogen-bond acceptors (Lipinski definition) is 8. The van der Waals surface area contributed by atoms with Crippen molar-refractivity contribution in [2.24, 2.45) is 0 Å². The molecule has 3 aromatic heterocycles. The lowest BCUT2D eigenvalue weighted by Gasteiger charge is -2.34. The summed E-state index contributed by atoms with van der Waals surface area (Å²) in [6, 6.07) is 2.13. The highest BCUT2D eigenvalue weighted by Crippen LogP contribution is 2.32. The molecule has 0 radical (unpaired) electrons. The van der Waals surface area contributed by atoms with Gasteiger partial charge in [-0.1, -0.05) is 0 Å². The third-order valence-electron chi connectivity index (χ3n) is 6.72. The van der Waals surface area contributed by atoms with Gasteiger partial charge in [0, 0.05) is 45.2 Å². The van der Waals surface area contributed by atoms with E-state index in [4.69, 9.17) is 10.7 Å². The van der Waals surface area contributed by atoms with Crippen LogP contribution >= 0.6 is 0 Å². The monoisotopic (exact) mass is 435 g/mol. The van der Waals surface area contributed by atoms with Crippen molar-refractivity contribution in [3.05, 3.63) is 35.7 Å². The number of pyridine rings is 1. The van der Waals surface area contributed by atoms with Crippen LogP contribution < -0.4 is 10.6 Å². The number of hydrogen-bond donors (Lipinski definition) is 2. The summed E-state index contributed by atoms with van der Waals surface area (Å²) in [5, 5.41) is 6.87. The van der Waals surface area contributed by atoms with Gasteiger partial charge in [0.25, 0.3) is 5.91 Å². The molecule has 0 bridgehead atoms. The molecular weight excluding hydrogens is 406 g/mol. The molecule has 5 heterocycles. The number of nitrogens with one attached hydrogen (secondary N) is 1. The quantitative estimate of drug-likeness (QED) is 0.634. The Hall–Kier alpha value is -3.27. The van der Waals surface area contributed by atoms with Gasteiger partial charge in [0.2, 0.25) is 0 Å². The van der Waals surface area contributed by atoms with Crippen LogP contribution in [0.1, 0.15) is 40.6 Å². The van der Waals surface area contributed by atoms with Gasteiger partial charge in [-0.2, -0.15) is 5.10 Å². The highest BCUT2D eigenvalue weighted by Gasteiger charge is 2.29. The highest BCUT2D eigenvalue weighted by atomic mass is 16.2. The predicted octanol–water partition coefficient (Wildman–Crippen LogP) is 1.41. The van der Waals surface area contributed by atoms with Gasteiger partial charge < -0.3 is 20.4 Å². The number of aryl methyl sites for hydroxylation is 1. The van der Waals surface area contributed by atoms with E-state index in [1.807, 2.05) is 18.0 Å². The van der Waals surface area contributed by atoms with Gasteiger partial charge in [0.05, 0.1) is 34.5 Å². The number of likely N-dealkylation sites (tertiary alicyclic amines) is 1. The van der Waals surface area contributed by atoms with E-state index in [2.05, 4.69) is 43.1 Å². The van der Waals surface area contributed by atoms with Crippen molar-refractivity contribution in [3.8, 4) is 0 Å². The van der Waals surface area contributed by atoms with Crippen LogP contribution in [0.25, 0.3) is 11.0 Å². The second kappa shape index (κ2) is 8.34. The fourth-order valence-corrected chi connectivity index (χ4v) is 4.60. The van der Waals surface area contributed by atoms with Crippen molar-refractivity contribution < 1.29 is 4.79 Å². The maximum Gasteiger partial charge on any atom is 0.276 e. The zero-order chi connectivity index (χ0) is 22.2. The van der Waals surface area contributed by atoms with Crippen LogP contribution in [0.2, 0.25) is 0 Å². The number of nitrogens with two attached hydrogens (primary N) is 1. The van der Waals surface area contributed by atoms with Crippen molar-refractivity contribution in [2.45, 2.75) is 25.7 Å². The molecule has 168 valence electrons. The van der Waals surface area contributed by atoms with E-state index in [0.29, 0.717) is 24.5 Å². The minimum absolute atomic E-state index is 0.118.